The summed E-state index contributed by atoms with van der Waals surface area (Å²) in [7, 11) is 3.18. The molecule has 0 aliphatic rings. The number of methoxy groups -OCH3 is 2. The molecule has 0 N–H and O–H groups in total. The Morgan fingerprint density at radius 1 is 1.00 bits per heavy atom. The maximum Gasteiger partial charge on any atom is 0.323 e. The normalized spacial score (nSPS) is 11.9. The third kappa shape index (κ3) is 6.98. The molecule has 0 aliphatic heterocycles. The second kappa shape index (κ2) is 12.4. The summed E-state index contributed by atoms with van der Waals surface area (Å²) in [5.74, 6) is 1.91. The van der Waals surface area contributed by atoms with Crippen molar-refractivity contribution in [2.45, 2.75) is 25.7 Å². The summed E-state index contributed by atoms with van der Waals surface area (Å²) in [5.41, 5.74) is 1.82. The van der Waals surface area contributed by atoms with Gasteiger partial charge < -0.3 is 19.1 Å². The van der Waals surface area contributed by atoms with Gasteiger partial charge in [-0.15, -0.1) is 11.8 Å². The fourth-order valence-electron chi connectivity index (χ4n) is 2.97. The lowest BCUT2D eigenvalue weighted by molar-refractivity contribution is -0.144. The molecule has 1 atom stereocenters. The van der Waals surface area contributed by atoms with Crippen LogP contribution in [0.4, 0.5) is 0 Å². The number of esters is 1. The summed E-state index contributed by atoms with van der Waals surface area (Å²) >= 11 is 1.63. The van der Waals surface area contributed by atoms with E-state index in [-0.39, 0.29) is 17.8 Å². The maximum atomic E-state index is 12.9. The number of thioether (sulfide) groups is 1. The van der Waals surface area contributed by atoms with Gasteiger partial charge in [0.25, 0.3) is 0 Å². The van der Waals surface area contributed by atoms with Gasteiger partial charge in [-0.1, -0.05) is 50.2 Å². The molecule has 6 heteroatoms. The van der Waals surface area contributed by atoms with E-state index in [0.29, 0.717) is 11.5 Å². The first-order valence-corrected chi connectivity index (χ1v) is 10.9. The molecule has 0 radical (unpaired) electrons. The van der Waals surface area contributed by atoms with E-state index in [1.807, 2.05) is 48.5 Å². The number of hydrogen-bond acceptors (Lipinski definition) is 6. The van der Waals surface area contributed by atoms with E-state index in [2.05, 4.69) is 18.7 Å². The Hall–Kier alpha value is -2.18. The number of benzene rings is 2. The third-order valence-electron chi connectivity index (χ3n) is 4.73. The van der Waals surface area contributed by atoms with Crippen molar-refractivity contribution in [3.05, 3.63) is 59.7 Å². The van der Waals surface area contributed by atoms with Crippen LogP contribution in [0.5, 0.6) is 11.5 Å². The molecule has 2 rings (SSSR count). The number of carbonyl (C=O) groups excluding carboxylic acids is 1. The highest BCUT2D eigenvalue weighted by Crippen LogP contribution is 2.31. The number of ether oxygens (including phenoxy) is 3. The summed E-state index contributed by atoms with van der Waals surface area (Å²) in [6, 6.07) is 15.3. The molecule has 158 valence electrons. The van der Waals surface area contributed by atoms with Crippen LogP contribution in [0, 0.1) is 0 Å². The van der Waals surface area contributed by atoms with Gasteiger partial charge in [-0.2, -0.15) is 0 Å². The van der Waals surface area contributed by atoms with Gasteiger partial charge in [0.15, 0.2) is 11.5 Å². The van der Waals surface area contributed by atoms with Crippen LogP contribution in [-0.4, -0.2) is 50.5 Å². The van der Waals surface area contributed by atoms with Gasteiger partial charge in [0.2, 0.25) is 0 Å². The van der Waals surface area contributed by atoms with Crippen molar-refractivity contribution in [3.8, 4) is 11.5 Å². The van der Waals surface area contributed by atoms with Gasteiger partial charge in [-0.25, -0.2) is 0 Å². The zero-order valence-electron chi connectivity index (χ0n) is 17.7. The Bertz CT molecular complexity index is 750. The first-order chi connectivity index (χ1) is 14.1. The molecule has 2 aromatic rings. The molecule has 0 unspecified atom stereocenters. The van der Waals surface area contributed by atoms with Crippen LogP contribution in [0.25, 0.3) is 0 Å². The van der Waals surface area contributed by atoms with Crippen LogP contribution in [0.2, 0.25) is 0 Å². The summed E-state index contributed by atoms with van der Waals surface area (Å²) < 4.78 is 16.2. The predicted octanol–water partition coefficient (Wildman–Crippen LogP) is 4.56. The Morgan fingerprint density at radius 2 is 1.69 bits per heavy atom. The molecule has 0 fully saturated rings. The van der Waals surface area contributed by atoms with Crippen LogP contribution in [-0.2, 0) is 16.1 Å². The molecule has 0 amide bonds. The summed E-state index contributed by atoms with van der Waals surface area (Å²) in [5, 5.41) is -0.341. The molecule has 29 heavy (non-hydrogen) atoms. The smallest absolute Gasteiger partial charge is 0.323 e. The van der Waals surface area contributed by atoms with Crippen molar-refractivity contribution < 1.29 is 19.0 Å². The molecule has 0 bridgehead atoms. The van der Waals surface area contributed by atoms with Crippen LogP contribution in [0.1, 0.15) is 30.2 Å². The monoisotopic (exact) mass is 417 g/mol. The summed E-state index contributed by atoms with van der Waals surface area (Å²) in [6.45, 7) is 7.47. The van der Waals surface area contributed by atoms with Crippen LogP contribution in [0.3, 0.4) is 0 Å². The highest BCUT2D eigenvalue weighted by Gasteiger charge is 2.23. The van der Waals surface area contributed by atoms with E-state index in [0.717, 1.165) is 36.5 Å². The summed E-state index contributed by atoms with van der Waals surface area (Å²) in [6.07, 6.45) is 0. The molecule has 5 nitrogen and oxygen atoms in total. The van der Waals surface area contributed by atoms with E-state index in [9.17, 15) is 4.79 Å². The van der Waals surface area contributed by atoms with Gasteiger partial charge in [0.05, 0.1) is 14.2 Å². The largest absolute Gasteiger partial charge is 0.493 e. The van der Waals surface area contributed by atoms with Gasteiger partial charge in [-0.3, -0.25) is 4.79 Å². The van der Waals surface area contributed by atoms with Crippen LogP contribution in [0.15, 0.2) is 48.5 Å². The molecule has 0 aromatic heterocycles. The van der Waals surface area contributed by atoms with Gasteiger partial charge in [0, 0.05) is 12.3 Å². The minimum Gasteiger partial charge on any atom is -0.493 e. The number of hydrogen-bond donors (Lipinski definition) is 0. The predicted molar refractivity (Wildman–Crippen MR) is 119 cm³/mol. The van der Waals surface area contributed by atoms with Crippen molar-refractivity contribution in [2.24, 2.45) is 0 Å². The zero-order chi connectivity index (χ0) is 21.1. The molecule has 2 aromatic carbocycles. The fraction of sp³-hybridized carbons (Fsp3) is 0.435. The van der Waals surface area contributed by atoms with Gasteiger partial charge in [-0.05, 0) is 36.3 Å². The lowest BCUT2D eigenvalue weighted by atomic mass is 10.1. The average Bonchev–Trinajstić information content (AvgIpc) is 2.78. The van der Waals surface area contributed by atoms with Gasteiger partial charge in [0.1, 0.15) is 11.9 Å². The minimum absolute atomic E-state index is 0.194. The van der Waals surface area contributed by atoms with E-state index >= 15 is 0 Å². The second-order valence-electron chi connectivity index (χ2n) is 6.49. The highest BCUT2D eigenvalue weighted by atomic mass is 32.2. The lowest BCUT2D eigenvalue weighted by Gasteiger charge is -2.20. The van der Waals surface area contributed by atoms with Crippen molar-refractivity contribution >= 4 is 17.7 Å². The first kappa shape index (κ1) is 23.1. The molecular formula is C23H31NO4S. The first-order valence-electron chi connectivity index (χ1n) is 9.89. The Labute approximate surface area is 178 Å². The minimum atomic E-state index is -0.341. The number of nitrogens with zero attached hydrogens (tertiary/aromatic N) is 1. The maximum absolute atomic E-state index is 12.9. The Morgan fingerprint density at radius 3 is 2.31 bits per heavy atom. The highest BCUT2D eigenvalue weighted by molar-refractivity contribution is 8.00. The van der Waals surface area contributed by atoms with Crippen LogP contribution >= 0.6 is 11.8 Å². The molecule has 0 saturated heterocycles. The van der Waals surface area contributed by atoms with E-state index in [4.69, 9.17) is 14.2 Å². The molecule has 0 saturated carbocycles. The Kier molecular flexibility index (Phi) is 9.88. The average molecular weight is 418 g/mol. The van der Waals surface area contributed by atoms with Crippen molar-refractivity contribution in [1.82, 2.24) is 4.90 Å². The summed E-state index contributed by atoms with van der Waals surface area (Å²) in [4.78, 5) is 15.2. The van der Waals surface area contributed by atoms with E-state index in [1.54, 1.807) is 26.0 Å². The fourth-order valence-corrected chi connectivity index (χ4v) is 4.12. The van der Waals surface area contributed by atoms with Crippen molar-refractivity contribution in [2.75, 3.05) is 39.6 Å². The molecule has 0 heterocycles. The SMILES string of the molecule is CCN(CC)CCS[C@@H](C(=O)OCc1ccc(OC)c(OC)c1)c1ccccc1. The Balaban J connectivity index is 2.03. The van der Waals surface area contributed by atoms with Gasteiger partial charge >= 0.3 is 5.97 Å². The molecular weight excluding hydrogens is 386 g/mol. The number of carbonyl (C=O) groups is 1. The lowest BCUT2D eigenvalue weighted by Crippen LogP contribution is -2.26. The van der Waals surface area contributed by atoms with Crippen molar-refractivity contribution in [3.63, 3.8) is 0 Å². The van der Waals surface area contributed by atoms with E-state index < -0.39 is 0 Å². The molecule has 0 aliphatic carbocycles. The zero-order valence-corrected chi connectivity index (χ0v) is 18.5. The van der Waals surface area contributed by atoms with E-state index in [1.165, 1.54) is 0 Å². The van der Waals surface area contributed by atoms with Crippen molar-refractivity contribution in [1.29, 1.82) is 0 Å². The molecule has 0 spiro atoms. The third-order valence-corrected chi connectivity index (χ3v) is 5.95. The van der Waals surface area contributed by atoms with Crippen LogP contribution < -0.4 is 9.47 Å². The topological polar surface area (TPSA) is 48.0 Å². The standard InChI is InChI=1S/C23H31NO4S/c1-5-24(6-2)14-15-29-22(19-10-8-7-9-11-19)23(25)28-17-18-12-13-20(26-3)21(16-18)27-4/h7-13,16,22H,5-6,14-15,17H2,1-4H3/t22-/m1/s1. The number of rotatable bonds is 12. The second-order valence-corrected chi connectivity index (χ2v) is 7.70. The quantitative estimate of drug-likeness (QED) is 0.472.